The topological polar surface area (TPSA) is 68.3 Å². The van der Waals surface area contributed by atoms with Gasteiger partial charge in [0.1, 0.15) is 0 Å². The third-order valence-electron chi connectivity index (χ3n) is 3.35. The molecule has 0 aliphatic heterocycles. The maximum Gasteiger partial charge on any atom is 0.310 e. The number of thiazole rings is 1. The first kappa shape index (κ1) is 16.1. The van der Waals surface area contributed by atoms with Crippen LogP contribution in [0, 0.1) is 6.92 Å². The Labute approximate surface area is 143 Å². The summed E-state index contributed by atoms with van der Waals surface area (Å²) < 4.78 is 6.00. The van der Waals surface area contributed by atoms with Gasteiger partial charge >= 0.3 is 5.97 Å². The average Bonchev–Trinajstić information content (AvgIpc) is 2.95. The number of aromatic nitrogens is 1. The number of nitrogens with one attached hydrogen (secondary N) is 1. The van der Waals surface area contributed by atoms with Crippen LogP contribution in [-0.4, -0.2) is 23.5 Å². The molecule has 0 fully saturated rings. The molecule has 24 heavy (non-hydrogen) atoms. The van der Waals surface area contributed by atoms with Crippen molar-refractivity contribution in [2.75, 3.05) is 11.9 Å². The first-order valence-corrected chi connectivity index (χ1v) is 8.28. The van der Waals surface area contributed by atoms with Gasteiger partial charge < -0.3 is 4.74 Å². The van der Waals surface area contributed by atoms with Gasteiger partial charge in [0, 0.05) is 0 Å². The molecule has 6 heteroatoms. The summed E-state index contributed by atoms with van der Waals surface area (Å²) in [5.41, 5.74) is 2.82. The summed E-state index contributed by atoms with van der Waals surface area (Å²) in [5.74, 6) is -0.830. The molecule has 0 atom stereocenters. The highest BCUT2D eigenvalue weighted by molar-refractivity contribution is 7.22. The van der Waals surface area contributed by atoms with E-state index in [0.717, 1.165) is 21.3 Å². The van der Waals surface area contributed by atoms with Gasteiger partial charge in [0.05, 0.1) is 16.6 Å². The molecule has 122 valence electrons. The van der Waals surface area contributed by atoms with E-state index in [2.05, 4.69) is 10.3 Å². The van der Waals surface area contributed by atoms with Crippen molar-refractivity contribution >= 4 is 38.6 Å². The van der Waals surface area contributed by atoms with Gasteiger partial charge in [0.25, 0.3) is 5.91 Å². The molecule has 1 aromatic heterocycles. The fraction of sp³-hybridized carbons (Fsp3) is 0.167. The van der Waals surface area contributed by atoms with Gasteiger partial charge in [0.15, 0.2) is 11.7 Å². The van der Waals surface area contributed by atoms with Crippen LogP contribution < -0.4 is 5.32 Å². The van der Waals surface area contributed by atoms with Crippen molar-refractivity contribution in [3.05, 3.63) is 59.7 Å². The lowest BCUT2D eigenvalue weighted by Crippen LogP contribution is -2.21. The Balaban J connectivity index is 1.52. The van der Waals surface area contributed by atoms with E-state index in [1.54, 1.807) is 0 Å². The zero-order valence-electron chi connectivity index (χ0n) is 13.1. The first-order valence-electron chi connectivity index (χ1n) is 7.47. The van der Waals surface area contributed by atoms with Crippen LogP contribution in [0.1, 0.15) is 11.1 Å². The van der Waals surface area contributed by atoms with Crippen LogP contribution in [0.4, 0.5) is 5.13 Å². The van der Waals surface area contributed by atoms with Crippen LogP contribution in [-0.2, 0) is 20.7 Å². The summed E-state index contributed by atoms with van der Waals surface area (Å²) in [5, 5.41) is 3.16. The highest BCUT2D eigenvalue weighted by Gasteiger charge is 2.11. The smallest absolute Gasteiger partial charge is 0.310 e. The van der Waals surface area contributed by atoms with E-state index in [1.807, 2.05) is 55.5 Å². The fourth-order valence-corrected chi connectivity index (χ4v) is 3.18. The van der Waals surface area contributed by atoms with E-state index in [4.69, 9.17) is 4.74 Å². The number of nitrogens with zero attached hydrogens (tertiary/aromatic N) is 1. The molecule has 1 heterocycles. The van der Waals surface area contributed by atoms with Crippen molar-refractivity contribution in [1.82, 2.24) is 4.98 Å². The van der Waals surface area contributed by atoms with E-state index < -0.39 is 11.9 Å². The Kier molecular flexibility index (Phi) is 4.86. The van der Waals surface area contributed by atoms with Crippen molar-refractivity contribution in [1.29, 1.82) is 0 Å². The lowest BCUT2D eigenvalue weighted by molar-refractivity contribution is -0.146. The Morgan fingerprint density at radius 3 is 2.75 bits per heavy atom. The molecule has 0 bridgehead atoms. The summed E-state index contributed by atoms with van der Waals surface area (Å²) >= 11 is 1.39. The summed E-state index contributed by atoms with van der Waals surface area (Å²) in [6, 6.07) is 15.2. The average molecular weight is 340 g/mol. The maximum atomic E-state index is 11.9. The van der Waals surface area contributed by atoms with Crippen LogP contribution in [0.2, 0.25) is 0 Å². The third-order valence-corrected chi connectivity index (χ3v) is 4.28. The number of amides is 1. The lowest BCUT2D eigenvalue weighted by atomic mass is 10.2. The Morgan fingerprint density at radius 1 is 1.17 bits per heavy atom. The highest BCUT2D eigenvalue weighted by atomic mass is 32.1. The number of ether oxygens (including phenoxy) is 1. The fourth-order valence-electron chi connectivity index (χ4n) is 2.20. The molecule has 3 aromatic rings. The number of carbonyl (C=O) groups excluding carboxylic acids is 2. The van der Waals surface area contributed by atoms with E-state index in [9.17, 15) is 9.59 Å². The van der Waals surface area contributed by atoms with E-state index in [0.29, 0.717) is 5.13 Å². The Morgan fingerprint density at radius 2 is 1.96 bits per heavy atom. The van der Waals surface area contributed by atoms with Gasteiger partial charge in [-0.15, -0.1) is 0 Å². The van der Waals surface area contributed by atoms with Gasteiger partial charge in [0.2, 0.25) is 0 Å². The number of benzene rings is 2. The van der Waals surface area contributed by atoms with Gasteiger partial charge in [-0.2, -0.15) is 0 Å². The van der Waals surface area contributed by atoms with Crippen molar-refractivity contribution in [3.63, 3.8) is 0 Å². The Hall–Kier alpha value is -2.73. The molecule has 2 aromatic carbocycles. The zero-order chi connectivity index (χ0) is 16.9. The number of esters is 1. The van der Waals surface area contributed by atoms with Gasteiger partial charge in [-0.25, -0.2) is 4.98 Å². The number of rotatable bonds is 5. The monoisotopic (exact) mass is 340 g/mol. The molecule has 0 spiro atoms. The van der Waals surface area contributed by atoms with Crippen LogP contribution in [0.3, 0.4) is 0 Å². The highest BCUT2D eigenvalue weighted by Crippen LogP contribution is 2.26. The minimum atomic E-state index is -0.434. The second-order valence-corrected chi connectivity index (χ2v) is 6.39. The first-order chi connectivity index (χ1) is 11.6. The minimum absolute atomic E-state index is 0.147. The molecule has 3 rings (SSSR count). The zero-order valence-corrected chi connectivity index (χ0v) is 13.9. The summed E-state index contributed by atoms with van der Waals surface area (Å²) in [7, 11) is 0. The molecule has 0 aliphatic carbocycles. The van der Waals surface area contributed by atoms with Crippen LogP contribution in [0.25, 0.3) is 10.2 Å². The second-order valence-electron chi connectivity index (χ2n) is 5.36. The maximum absolute atomic E-state index is 11.9. The number of carbonyl (C=O) groups is 2. The number of hydrogen-bond donors (Lipinski definition) is 1. The van der Waals surface area contributed by atoms with Crippen molar-refractivity contribution in [3.8, 4) is 0 Å². The number of aryl methyl sites for hydroxylation is 1. The molecule has 0 aliphatic rings. The number of fused-ring (bicyclic) bond motifs is 1. The minimum Gasteiger partial charge on any atom is -0.455 e. The predicted molar refractivity (Wildman–Crippen MR) is 94.1 cm³/mol. The van der Waals surface area contributed by atoms with Crippen LogP contribution >= 0.6 is 11.3 Å². The summed E-state index contributed by atoms with van der Waals surface area (Å²) in [4.78, 5) is 28.0. The Bertz CT molecular complexity index is 874. The number of anilines is 1. The molecule has 5 nitrogen and oxygen atoms in total. The molecule has 0 radical (unpaired) electrons. The predicted octanol–water partition coefficient (Wildman–Crippen LogP) is 3.33. The van der Waals surface area contributed by atoms with Crippen molar-refractivity contribution in [2.24, 2.45) is 0 Å². The van der Waals surface area contributed by atoms with Gasteiger partial charge in [-0.3, -0.25) is 14.9 Å². The summed E-state index contributed by atoms with van der Waals surface area (Å²) in [6.45, 7) is 1.68. The third kappa shape index (κ3) is 4.17. The SMILES string of the molecule is Cc1ccc2nc(NC(=O)COC(=O)Cc3ccccc3)sc2c1. The molecule has 0 saturated heterocycles. The van der Waals surface area contributed by atoms with Crippen molar-refractivity contribution < 1.29 is 14.3 Å². The van der Waals surface area contributed by atoms with Crippen molar-refractivity contribution in [2.45, 2.75) is 13.3 Å². The normalized spacial score (nSPS) is 10.5. The van der Waals surface area contributed by atoms with E-state index >= 15 is 0 Å². The quantitative estimate of drug-likeness (QED) is 0.724. The van der Waals surface area contributed by atoms with E-state index in [1.165, 1.54) is 11.3 Å². The van der Waals surface area contributed by atoms with E-state index in [-0.39, 0.29) is 13.0 Å². The lowest BCUT2D eigenvalue weighted by Gasteiger charge is -2.04. The molecular weight excluding hydrogens is 324 g/mol. The van der Waals surface area contributed by atoms with Gasteiger partial charge in [-0.05, 0) is 30.2 Å². The molecule has 1 N–H and O–H groups in total. The largest absolute Gasteiger partial charge is 0.455 e. The molecule has 1 amide bonds. The second kappa shape index (κ2) is 7.23. The van der Waals surface area contributed by atoms with Crippen LogP contribution in [0.5, 0.6) is 0 Å². The molecular formula is C18H16N2O3S. The van der Waals surface area contributed by atoms with Crippen LogP contribution in [0.15, 0.2) is 48.5 Å². The van der Waals surface area contributed by atoms with Gasteiger partial charge in [-0.1, -0.05) is 47.7 Å². The molecule has 0 unspecified atom stereocenters. The summed E-state index contributed by atoms with van der Waals surface area (Å²) in [6.07, 6.45) is 0.147. The number of hydrogen-bond acceptors (Lipinski definition) is 5. The molecule has 0 saturated carbocycles. The standard InChI is InChI=1S/C18H16N2O3S/c1-12-7-8-14-15(9-12)24-18(19-14)20-16(21)11-23-17(22)10-13-5-3-2-4-6-13/h2-9H,10-11H2,1H3,(H,19,20,21).